The van der Waals surface area contributed by atoms with E-state index in [-0.39, 0.29) is 0 Å². The van der Waals surface area contributed by atoms with Gasteiger partial charge in [0.2, 0.25) is 0 Å². The maximum absolute atomic E-state index is 5.22. The van der Waals surface area contributed by atoms with E-state index in [9.17, 15) is 0 Å². The maximum Gasteiger partial charge on any atom is 0.166 e. The summed E-state index contributed by atoms with van der Waals surface area (Å²) in [6.45, 7) is 0. The van der Waals surface area contributed by atoms with Crippen molar-refractivity contribution in [2.75, 3.05) is 0 Å². The van der Waals surface area contributed by atoms with Crippen LogP contribution in [0.3, 0.4) is 0 Å². The van der Waals surface area contributed by atoms with Crippen LogP contribution in [0.5, 0.6) is 0 Å². The minimum Gasteiger partial charge on any atom is -0.307 e. The third kappa shape index (κ3) is 3.61. The van der Waals surface area contributed by atoms with Gasteiger partial charge in [0.1, 0.15) is 0 Å². The Kier molecular flexibility index (Phi) is 5.32. The monoisotopic (exact) mass is 667 g/mol. The van der Waals surface area contributed by atoms with E-state index >= 15 is 0 Å². The van der Waals surface area contributed by atoms with Crippen LogP contribution in [0.15, 0.2) is 152 Å². The van der Waals surface area contributed by atoms with Crippen LogP contribution in [0.25, 0.3) is 109 Å². The van der Waals surface area contributed by atoms with Crippen molar-refractivity contribution >= 4 is 86.2 Å². The summed E-state index contributed by atoms with van der Waals surface area (Å²) in [4.78, 5) is 15.5. The van der Waals surface area contributed by atoms with E-state index in [0.29, 0.717) is 17.5 Å². The number of hydrogen-bond donors (Lipinski definition) is 0. The molecule has 51 heavy (non-hydrogen) atoms. The molecule has 12 rings (SSSR count). The van der Waals surface area contributed by atoms with E-state index < -0.39 is 0 Å². The van der Waals surface area contributed by atoms with Gasteiger partial charge in [-0.25, -0.2) is 15.0 Å². The molecule has 0 fully saturated rings. The predicted octanol–water partition coefficient (Wildman–Crippen LogP) is 11.8. The fraction of sp³-hybridized carbons (Fsp3) is 0. The van der Waals surface area contributed by atoms with Crippen molar-refractivity contribution in [1.82, 2.24) is 23.8 Å². The molecule has 0 saturated carbocycles. The molecule has 0 unspecified atom stereocenters. The Morgan fingerprint density at radius 2 is 0.922 bits per heavy atom. The van der Waals surface area contributed by atoms with Crippen molar-refractivity contribution in [3.8, 4) is 34.2 Å². The van der Waals surface area contributed by atoms with Crippen LogP contribution in [0, 0.1) is 0 Å². The summed E-state index contributed by atoms with van der Waals surface area (Å²) in [5, 5.41) is 7.45. The van der Waals surface area contributed by atoms with Gasteiger partial charge in [-0.05, 0) is 36.4 Å². The molecule has 5 nitrogen and oxygen atoms in total. The first-order chi connectivity index (χ1) is 25.3. The molecule has 5 aromatic heterocycles. The summed E-state index contributed by atoms with van der Waals surface area (Å²) in [6.07, 6.45) is 0. The molecular formula is C45H25N5S. The number of benzene rings is 7. The molecule has 0 atom stereocenters. The Hall–Kier alpha value is -6.63. The van der Waals surface area contributed by atoms with Gasteiger partial charge in [-0.2, -0.15) is 0 Å². The van der Waals surface area contributed by atoms with E-state index in [1.807, 2.05) is 47.7 Å². The average molecular weight is 668 g/mol. The maximum atomic E-state index is 5.22. The Morgan fingerprint density at radius 1 is 0.353 bits per heavy atom. The number of para-hydroxylation sites is 3. The lowest BCUT2D eigenvalue weighted by atomic mass is 10.1. The lowest BCUT2D eigenvalue weighted by Gasteiger charge is -2.12. The topological polar surface area (TPSA) is 47.5 Å². The summed E-state index contributed by atoms with van der Waals surface area (Å²) < 4.78 is 7.57. The number of nitrogens with zero attached hydrogens (tertiary/aromatic N) is 5. The van der Waals surface area contributed by atoms with Crippen molar-refractivity contribution in [2.24, 2.45) is 0 Å². The zero-order valence-corrected chi connectivity index (χ0v) is 27.9. The molecular weight excluding hydrogens is 643 g/mol. The molecule has 5 heterocycles. The van der Waals surface area contributed by atoms with Gasteiger partial charge in [-0.15, -0.1) is 11.3 Å². The van der Waals surface area contributed by atoms with Gasteiger partial charge in [0, 0.05) is 58.4 Å². The largest absolute Gasteiger partial charge is 0.307 e. The van der Waals surface area contributed by atoms with Gasteiger partial charge in [0.05, 0.1) is 33.1 Å². The highest BCUT2D eigenvalue weighted by molar-refractivity contribution is 7.26. The molecule has 0 radical (unpaired) electrons. The summed E-state index contributed by atoms with van der Waals surface area (Å²) in [5.41, 5.74) is 9.94. The molecule has 7 aromatic carbocycles. The zero-order chi connectivity index (χ0) is 33.2. The molecule has 0 amide bonds. The van der Waals surface area contributed by atoms with E-state index in [2.05, 4.69) is 124 Å². The fourth-order valence-corrected chi connectivity index (χ4v) is 9.53. The minimum absolute atomic E-state index is 0.647. The van der Waals surface area contributed by atoms with Crippen LogP contribution in [0.1, 0.15) is 0 Å². The SMILES string of the molecule is c1ccc(-c2nc(-c3ccccc3)nc(-c3cccc4c5ccc6sc7cccc8c7c6c5n(c5cccc6c7ccccc7n8c65)c34)n2)cc1. The van der Waals surface area contributed by atoms with Gasteiger partial charge in [-0.3, -0.25) is 0 Å². The number of hydrogen-bond acceptors (Lipinski definition) is 4. The average Bonchev–Trinajstić information content (AvgIpc) is 3.85. The van der Waals surface area contributed by atoms with Crippen LogP contribution in [-0.2, 0) is 0 Å². The van der Waals surface area contributed by atoms with E-state index in [0.717, 1.165) is 27.7 Å². The van der Waals surface area contributed by atoms with Crippen LogP contribution in [-0.4, -0.2) is 23.8 Å². The van der Waals surface area contributed by atoms with Gasteiger partial charge in [0.25, 0.3) is 0 Å². The van der Waals surface area contributed by atoms with E-state index in [1.165, 1.54) is 63.8 Å². The Bertz CT molecular complexity index is 3300. The van der Waals surface area contributed by atoms with Crippen molar-refractivity contribution in [3.05, 3.63) is 152 Å². The minimum atomic E-state index is 0.647. The third-order valence-electron chi connectivity index (χ3n) is 10.5. The predicted molar refractivity (Wildman–Crippen MR) is 212 cm³/mol. The second-order valence-electron chi connectivity index (χ2n) is 13.2. The van der Waals surface area contributed by atoms with Crippen LogP contribution in [0.4, 0.5) is 0 Å². The Labute approximate surface area is 294 Å². The second-order valence-corrected chi connectivity index (χ2v) is 14.3. The molecule has 0 N–H and O–H groups in total. The van der Waals surface area contributed by atoms with Crippen molar-refractivity contribution < 1.29 is 0 Å². The molecule has 0 saturated heterocycles. The number of thiophene rings is 1. The van der Waals surface area contributed by atoms with Gasteiger partial charge >= 0.3 is 0 Å². The summed E-state index contributed by atoms with van der Waals surface area (Å²) in [7, 11) is 0. The third-order valence-corrected chi connectivity index (χ3v) is 11.6. The second kappa shape index (κ2) is 9.97. The van der Waals surface area contributed by atoms with Gasteiger partial charge in [0.15, 0.2) is 17.5 Å². The van der Waals surface area contributed by atoms with E-state index in [1.54, 1.807) is 0 Å². The molecule has 6 heteroatoms. The highest BCUT2D eigenvalue weighted by atomic mass is 32.1. The fourth-order valence-electron chi connectivity index (χ4n) is 8.40. The van der Waals surface area contributed by atoms with Crippen molar-refractivity contribution in [2.45, 2.75) is 0 Å². The first kappa shape index (κ1) is 27.2. The van der Waals surface area contributed by atoms with Crippen LogP contribution >= 0.6 is 11.3 Å². The zero-order valence-electron chi connectivity index (χ0n) is 27.1. The first-order valence-electron chi connectivity index (χ1n) is 17.1. The first-order valence-corrected chi connectivity index (χ1v) is 17.9. The Morgan fingerprint density at radius 3 is 1.71 bits per heavy atom. The molecule has 12 aromatic rings. The molecule has 236 valence electrons. The molecule has 0 spiro atoms. The van der Waals surface area contributed by atoms with Gasteiger partial charge < -0.3 is 8.80 Å². The van der Waals surface area contributed by atoms with E-state index in [4.69, 9.17) is 15.0 Å². The summed E-state index contributed by atoms with van der Waals surface area (Å²) in [6, 6.07) is 53.9. The summed E-state index contributed by atoms with van der Waals surface area (Å²) >= 11 is 1.87. The molecule has 0 aliphatic carbocycles. The highest BCUT2D eigenvalue weighted by Gasteiger charge is 2.24. The van der Waals surface area contributed by atoms with Gasteiger partial charge in [-0.1, -0.05) is 115 Å². The van der Waals surface area contributed by atoms with Crippen LogP contribution in [0.2, 0.25) is 0 Å². The quantitative estimate of drug-likeness (QED) is 0.188. The van der Waals surface area contributed by atoms with Crippen molar-refractivity contribution in [1.29, 1.82) is 0 Å². The Balaban J connectivity index is 1.34. The lowest BCUT2D eigenvalue weighted by Crippen LogP contribution is -2.01. The smallest absolute Gasteiger partial charge is 0.166 e. The molecule has 0 bridgehead atoms. The molecule has 0 aliphatic rings. The van der Waals surface area contributed by atoms with Crippen LogP contribution < -0.4 is 0 Å². The standard InChI is InChI=1S/C45H25N5S/c1-3-12-26(13-4-1)43-46-44(27-14-5-2-6-15-27)48-45(47-43)32-19-9-17-30-31-24-25-37-39-38-34(21-11-23-36(38)51-37)49-33-20-8-7-16-28(33)29-18-10-22-35(41(29)49)50(40(30)32)42(31)39/h1-25H. The lowest BCUT2D eigenvalue weighted by molar-refractivity contribution is 1.07. The summed E-state index contributed by atoms with van der Waals surface area (Å²) in [5.74, 6) is 1.95. The number of aromatic nitrogens is 5. The number of fused-ring (bicyclic) bond motifs is 8. The highest BCUT2D eigenvalue weighted by Crippen LogP contribution is 2.47. The number of rotatable bonds is 3. The van der Waals surface area contributed by atoms with Crippen molar-refractivity contribution in [3.63, 3.8) is 0 Å². The molecule has 0 aliphatic heterocycles. The normalized spacial score (nSPS) is 12.3.